The van der Waals surface area contributed by atoms with Gasteiger partial charge in [0.25, 0.3) is 0 Å². The number of nitrogens with zero attached hydrogens (tertiary/aromatic N) is 6. The van der Waals surface area contributed by atoms with E-state index in [9.17, 15) is 0 Å². The van der Waals surface area contributed by atoms with E-state index in [2.05, 4.69) is 33.9 Å². The maximum atomic E-state index is 9.14. The number of anilines is 1. The molecule has 6 nitrogen and oxygen atoms in total. The van der Waals surface area contributed by atoms with Gasteiger partial charge < -0.3 is 9.47 Å². The van der Waals surface area contributed by atoms with Gasteiger partial charge in [0.05, 0.1) is 28.5 Å². The molecular formula is C23H22N6S. The van der Waals surface area contributed by atoms with Crippen LogP contribution in [-0.2, 0) is 7.05 Å². The van der Waals surface area contributed by atoms with Crippen molar-refractivity contribution in [2.45, 2.75) is 19.8 Å². The van der Waals surface area contributed by atoms with E-state index in [4.69, 9.17) is 10.2 Å². The number of rotatable bonds is 3. The maximum Gasteiger partial charge on any atom is 0.186 e. The lowest BCUT2D eigenvalue weighted by molar-refractivity contribution is 0.438. The highest BCUT2D eigenvalue weighted by Crippen LogP contribution is 2.41. The van der Waals surface area contributed by atoms with E-state index in [-0.39, 0.29) is 0 Å². The molecule has 1 aliphatic rings. The lowest BCUT2D eigenvalue weighted by Crippen LogP contribution is -2.32. The van der Waals surface area contributed by atoms with E-state index < -0.39 is 0 Å². The average molecular weight is 415 g/mol. The normalized spacial score (nSPS) is 14.9. The molecule has 4 heterocycles. The number of aryl methyl sites for hydroxylation is 1. The predicted molar refractivity (Wildman–Crippen MR) is 120 cm³/mol. The summed E-state index contributed by atoms with van der Waals surface area (Å²) in [4.78, 5) is 17.6. The number of benzene rings is 1. The van der Waals surface area contributed by atoms with Crippen LogP contribution in [0.1, 0.15) is 25.3 Å². The summed E-state index contributed by atoms with van der Waals surface area (Å²) in [5, 5.41) is 10.2. The Balaban J connectivity index is 1.62. The molecule has 4 aromatic rings. The van der Waals surface area contributed by atoms with Crippen LogP contribution in [0.4, 0.5) is 5.13 Å². The third-order valence-corrected chi connectivity index (χ3v) is 6.94. The lowest BCUT2D eigenvalue weighted by atomic mass is 10.00. The van der Waals surface area contributed by atoms with Crippen LogP contribution in [0.15, 0.2) is 42.9 Å². The number of hydrogen-bond acceptors (Lipinski definition) is 6. The number of piperidine rings is 1. The Bertz CT molecular complexity index is 1240. The second-order valence-electron chi connectivity index (χ2n) is 7.96. The monoisotopic (exact) mass is 414 g/mol. The number of hydrogen-bond donors (Lipinski definition) is 0. The van der Waals surface area contributed by atoms with Crippen LogP contribution in [0.5, 0.6) is 0 Å². The molecule has 1 fully saturated rings. The first-order valence-corrected chi connectivity index (χ1v) is 11.0. The lowest BCUT2D eigenvalue weighted by Gasteiger charge is -2.29. The van der Waals surface area contributed by atoms with E-state index in [1.54, 1.807) is 17.7 Å². The van der Waals surface area contributed by atoms with Crippen LogP contribution in [0, 0.1) is 17.2 Å². The number of nitriles is 1. The van der Waals surface area contributed by atoms with Crippen LogP contribution >= 0.6 is 11.3 Å². The standard InChI is InChI=1S/C23H22N6S/c1-15-7-9-29(10-8-15)23-27-20(17-5-3-16(12-24)4-6-17)21(30-23)18-11-19-22(25-13-18)28(2)14-26-19/h3-6,11,13-15H,7-10H2,1-2H3. The molecule has 0 atom stereocenters. The van der Waals surface area contributed by atoms with Crippen molar-refractivity contribution in [3.05, 3.63) is 48.4 Å². The van der Waals surface area contributed by atoms with Gasteiger partial charge in [-0.3, -0.25) is 0 Å². The third kappa shape index (κ3) is 3.33. The van der Waals surface area contributed by atoms with Gasteiger partial charge in [-0.15, -0.1) is 0 Å². The first kappa shape index (κ1) is 18.8. The average Bonchev–Trinajstić information content (AvgIpc) is 3.38. The maximum absolute atomic E-state index is 9.14. The van der Waals surface area contributed by atoms with Crippen molar-refractivity contribution in [3.63, 3.8) is 0 Å². The van der Waals surface area contributed by atoms with Gasteiger partial charge in [0.15, 0.2) is 10.8 Å². The second-order valence-corrected chi connectivity index (χ2v) is 8.93. The Morgan fingerprint density at radius 2 is 1.87 bits per heavy atom. The number of fused-ring (bicyclic) bond motifs is 1. The SMILES string of the molecule is CC1CCN(c2nc(-c3ccc(C#N)cc3)c(-c3cnc4c(c3)ncn4C)s2)CC1. The largest absolute Gasteiger partial charge is 0.348 e. The van der Waals surface area contributed by atoms with E-state index >= 15 is 0 Å². The second kappa shape index (κ2) is 7.54. The van der Waals surface area contributed by atoms with Crippen LogP contribution < -0.4 is 4.90 Å². The van der Waals surface area contributed by atoms with E-state index in [1.165, 1.54) is 12.8 Å². The Morgan fingerprint density at radius 1 is 1.10 bits per heavy atom. The van der Waals surface area contributed by atoms with Crippen molar-refractivity contribution in [1.82, 2.24) is 19.5 Å². The number of pyridine rings is 1. The molecule has 30 heavy (non-hydrogen) atoms. The van der Waals surface area contributed by atoms with Gasteiger partial charge in [0.2, 0.25) is 0 Å². The number of thiazole rings is 1. The van der Waals surface area contributed by atoms with Crippen LogP contribution in [0.3, 0.4) is 0 Å². The van der Waals surface area contributed by atoms with Crippen molar-refractivity contribution in [2.24, 2.45) is 13.0 Å². The van der Waals surface area contributed by atoms with Gasteiger partial charge in [0, 0.05) is 37.5 Å². The Kier molecular flexibility index (Phi) is 4.72. The summed E-state index contributed by atoms with van der Waals surface area (Å²) in [7, 11) is 1.95. The summed E-state index contributed by atoms with van der Waals surface area (Å²) in [6, 6.07) is 11.9. The number of imidazole rings is 1. The van der Waals surface area contributed by atoms with Crippen LogP contribution in [-0.4, -0.2) is 32.6 Å². The zero-order chi connectivity index (χ0) is 20.7. The Labute approximate surface area is 179 Å². The molecule has 150 valence electrons. The van der Waals surface area contributed by atoms with Gasteiger partial charge in [-0.2, -0.15) is 5.26 Å². The van der Waals surface area contributed by atoms with Crippen molar-refractivity contribution in [1.29, 1.82) is 5.26 Å². The van der Waals surface area contributed by atoms with E-state index in [0.29, 0.717) is 5.56 Å². The summed E-state index contributed by atoms with van der Waals surface area (Å²) in [6.07, 6.45) is 6.09. The molecule has 0 unspecified atom stereocenters. The highest BCUT2D eigenvalue weighted by atomic mass is 32.1. The van der Waals surface area contributed by atoms with Gasteiger partial charge in [0.1, 0.15) is 5.52 Å². The molecule has 0 N–H and O–H groups in total. The minimum absolute atomic E-state index is 0.650. The molecule has 0 aliphatic carbocycles. The minimum Gasteiger partial charge on any atom is -0.348 e. The summed E-state index contributed by atoms with van der Waals surface area (Å²) in [5.41, 5.74) is 5.37. The van der Waals surface area contributed by atoms with Crippen LogP contribution in [0.2, 0.25) is 0 Å². The van der Waals surface area contributed by atoms with E-state index in [0.717, 1.165) is 57.0 Å². The number of aromatic nitrogens is 4. The van der Waals surface area contributed by atoms with Gasteiger partial charge in [-0.1, -0.05) is 30.4 Å². The summed E-state index contributed by atoms with van der Waals surface area (Å²) in [5.74, 6) is 0.773. The zero-order valence-electron chi connectivity index (χ0n) is 17.0. The molecule has 1 saturated heterocycles. The molecule has 5 rings (SSSR count). The molecule has 3 aromatic heterocycles. The minimum atomic E-state index is 0.650. The fourth-order valence-electron chi connectivity index (χ4n) is 3.88. The molecule has 0 spiro atoms. The van der Waals surface area contributed by atoms with Crippen LogP contribution in [0.25, 0.3) is 32.9 Å². The zero-order valence-corrected chi connectivity index (χ0v) is 17.9. The molecule has 0 saturated carbocycles. The predicted octanol–water partition coefficient (Wildman–Crippen LogP) is 4.87. The smallest absolute Gasteiger partial charge is 0.186 e. The first-order valence-electron chi connectivity index (χ1n) is 10.2. The third-order valence-electron chi connectivity index (χ3n) is 5.77. The van der Waals surface area contributed by atoms with E-state index in [1.807, 2.05) is 42.1 Å². The molecule has 0 amide bonds. The van der Waals surface area contributed by atoms with Gasteiger partial charge in [-0.25, -0.2) is 15.0 Å². The molecular weight excluding hydrogens is 392 g/mol. The Hall–Kier alpha value is -3.24. The van der Waals surface area contributed by atoms with Crippen molar-refractivity contribution in [2.75, 3.05) is 18.0 Å². The highest BCUT2D eigenvalue weighted by molar-refractivity contribution is 7.19. The van der Waals surface area contributed by atoms with Gasteiger partial charge >= 0.3 is 0 Å². The topological polar surface area (TPSA) is 70.6 Å². The molecule has 0 radical (unpaired) electrons. The van der Waals surface area contributed by atoms with Crippen molar-refractivity contribution in [3.8, 4) is 27.8 Å². The quantitative estimate of drug-likeness (QED) is 0.478. The fourth-order valence-corrected chi connectivity index (χ4v) is 5.00. The molecule has 1 aromatic carbocycles. The highest BCUT2D eigenvalue weighted by Gasteiger charge is 2.23. The molecule has 1 aliphatic heterocycles. The molecule has 0 bridgehead atoms. The summed E-state index contributed by atoms with van der Waals surface area (Å²) in [6.45, 7) is 4.40. The fraction of sp³-hybridized carbons (Fsp3) is 0.304. The summed E-state index contributed by atoms with van der Waals surface area (Å²) < 4.78 is 1.92. The van der Waals surface area contributed by atoms with Gasteiger partial charge in [-0.05, 0) is 37.0 Å². The Morgan fingerprint density at radius 3 is 2.60 bits per heavy atom. The van der Waals surface area contributed by atoms with Crippen molar-refractivity contribution < 1.29 is 0 Å². The molecule has 7 heteroatoms. The van der Waals surface area contributed by atoms with Crippen molar-refractivity contribution >= 4 is 27.6 Å². The first-order chi connectivity index (χ1) is 14.6. The summed E-state index contributed by atoms with van der Waals surface area (Å²) >= 11 is 1.72.